The normalized spacial score (nSPS) is 12.0. The summed E-state index contributed by atoms with van der Waals surface area (Å²) in [5.74, 6) is 0. The van der Waals surface area contributed by atoms with Gasteiger partial charge in [-0.25, -0.2) is 0 Å². The van der Waals surface area contributed by atoms with Gasteiger partial charge in [0.2, 0.25) is 0 Å². The fourth-order valence-electron chi connectivity index (χ4n) is 9.73. The van der Waals surface area contributed by atoms with Crippen LogP contribution in [0.4, 0.5) is 34.1 Å². The molecule has 0 unspecified atom stereocenters. The molecule has 2 heterocycles. The fourth-order valence-corrected chi connectivity index (χ4v) is 12.1. The largest absolute Gasteiger partial charge is 0.309 e. The summed E-state index contributed by atoms with van der Waals surface area (Å²) in [4.78, 5) is 5.04. The molecule has 0 amide bonds. The summed E-state index contributed by atoms with van der Waals surface area (Å²) in [6, 6.07) is 63.7. The summed E-state index contributed by atoms with van der Waals surface area (Å²) in [7, 11) is 0. The van der Waals surface area contributed by atoms with Crippen LogP contribution in [0.5, 0.6) is 0 Å². The minimum Gasteiger partial charge on any atom is -0.309 e. The third kappa shape index (κ3) is 5.24. The predicted molar refractivity (Wildman–Crippen MR) is 264 cm³/mol. The van der Waals surface area contributed by atoms with Crippen molar-refractivity contribution in [3.05, 3.63) is 192 Å². The van der Waals surface area contributed by atoms with Crippen LogP contribution in [0.1, 0.15) is 22.3 Å². The van der Waals surface area contributed by atoms with E-state index in [-0.39, 0.29) is 0 Å². The number of aryl methyl sites for hydroxylation is 4. The van der Waals surface area contributed by atoms with Crippen LogP contribution in [0.15, 0.2) is 170 Å². The van der Waals surface area contributed by atoms with Crippen molar-refractivity contribution in [3.63, 3.8) is 0 Å². The van der Waals surface area contributed by atoms with Crippen molar-refractivity contribution in [1.29, 1.82) is 0 Å². The molecule has 0 N–H and O–H groups in total. The molecule has 0 fully saturated rings. The van der Waals surface area contributed by atoms with Gasteiger partial charge < -0.3 is 9.80 Å². The summed E-state index contributed by atoms with van der Waals surface area (Å²) in [6.07, 6.45) is 0. The van der Waals surface area contributed by atoms with Gasteiger partial charge in [0.1, 0.15) is 0 Å². The maximum absolute atomic E-state index is 2.52. The first-order valence-electron chi connectivity index (χ1n) is 20.7. The Morgan fingerprint density at radius 3 is 1.40 bits per heavy atom. The van der Waals surface area contributed by atoms with Crippen molar-refractivity contribution in [2.24, 2.45) is 0 Å². The number of anilines is 6. The minimum absolute atomic E-state index is 1.15. The second-order valence-corrected chi connectivity index (χ2v) is 18.5. The van der Waals surface area contributed by atoms with E-state index < -0.39 is 0 Å². The first-order valence-corrected chi connectivity index (χ1v) is 22.3. The second-order valence-electron chi connectivity index (χ2n) is 16.3. The molecule has 60 heavy (non-hydrogen) atoms. The SMILES string of the molecule is Cc1ccc(N(c2cc(C)c3ccc4c(N(c5ccc(C)cc5)c5cccc6sc7ccccc7c56)cc(C)c5ccc2c3c54)c2cccc3c2sc2ccccc23)cc1. The van der Waals surface area contributed by atoms with Crippen LogP contribution in [0.2, 0.25) is 0 Å². The summed E-state index contributed by atoms with van der Waals surface area (Å²) in [5, 5.41) is 12.9. The van der Waals surface area contributed by atoms with Crippen molar-refractivity contribution >= 4 is 129 Å². The Kier molecular flexibility index (Phi) is 7.87. The van der Waals surface area contributed by atoms with Gasteiger partial charge in [0, 0.05) is 57.8 Å². The molecule has 0 aliphatic heterocycles. The quantitative estimate of drug-likeness (QED) is 0.155. The Hall–Kier alpha value is -6.72. The van der Waals surface area contributed by atoms with E-state index in [2.05, 4.69) is 207 Å². The van der Waals surface area contributed by atoms with Crippen molar-refractivity contribution in [3.8, 4) is 0 Å². The second kappa shape index (κ2) is 13.4. The Labute approximate surface area is 357 Å². The third-order valence-corrected chi connectivity index (χ3v) is 14.9. The van der Waals surface area contributed by atoms with Crippen LogP contribution in [0, 0.1) is 27.7 Å². The molecule has 2 aromatic heterocycles. The van der Waals surface area contributed by atoms with E-state index >= 15 is 0 Å². The molecule has 0 aliphatic carbocycles. The highest BCUT2D eigenvalue weighted by atomic mass is 32.1. The van der Waals surface area contributed by atoms with Crippen LogP contribution >= 0.6 is 22.7 Å². The molecule has 12 rings (SSSR count). The minimum atomic E-state index is 1.15. The number of fused-ring (bicyclic) bond motifs is 6. The average molecular weight is 805 g/mol. The smallest absolute Gasteiger partial charge is 0.0640 e. The van der Waals surface area contributed by atoms with Gasteiger partial charge in [0.25, 0.3) is 0 Å². The van der Waals surface area contributed by atoms with E-state index in [0.29, 0.717) is 0 Å². The van der Waals surface area contributed by atoms with Crippen LogP contribution in [0.3, 0.4) is 0 Å². The molecule has 0 spiro atoms. The molecule has 12 aromatic rings. The van der Waals surface area contributed by atoms with Crippen molar-refractivity contribution in [1.82, 2.24) is 0 Å². The third-order valence-electron chi connectivity index (χ3n) is 12.6. The number of nitrogens with zero attached hydrogens (tertiary/aromatic N) is 2. The van der Waals surface area contributed by atoms with E-state index in [0.717, 1.165) is 11.4 Å². The van der Waals surface area contributed by atoms with Crippen molar-refractivity contribution in [2.45, 2.75) is 27.7 Å². The lowest BCUT2D eigenvalue weighted by Crippen LogP contribution is -2.12. The van der Waals surface area contributed by atoms with Crippen LogP contribution in [-0.2, 0) is 0 Å². The first-order chi connectivity index (χ1) is 29.4. The summed E-state index contributed by atoms with van der Waals surface area (Å²) >= 11 is 3.76. The van der Waals surface area contributed by atoms with Gasteiger partial charge in [0.05, 0.1) is 27.4 Å². The topological polar surface area (TPSA) is 6.48 Å². The molecule has 0 atom stereocenters. The molecular weight excluding hydrogens is 765 g/mol. The molecule has 10 aromatic carbocycles. The zero-order chi connectivity index (χ0) is 40.2. The zero-order valence-electron chi connectivity index (χ0n) is 33.9. The number of hydrogen-bond donors (Lipinski definition) is 0. The maximum Gasteiger partial charge on any atom is 0.0640 e. The number of thiophene rings is 2. The average Bonchev–Trinajstić information content (AvgIpc) is 3.85. The van der Waals surface area contributed by atoms with Crippen molar-refractivity contribution in [2.75, 3.05) is 9.80 Å². The van der Waals surface area contributed by atoms with Crippen LogP contribution in [0.25, 0.3) is 72.7 Å². The standard InChI is InChI=1S/C56H40N2S2/c1-33-19-23-37(24-20-33)57(46-14-10-18-52-55(46)45-12-6-8-17-51(45)59-52)48-31-35(3)39-28-30-44-49(32-36(4)40-27-29-43(48)53(39)54(40)44)58(38-25-21-34(2)22-26-38)47-15-9-13-42-41-11-5-7-16-50(41)60-56(42)47/h5-32H,1-4H3. The molecule has 0 saturated carbocycles. The monoisotopic (exact) mass is 804 g/mol. The molecular formula is C56H40N2S2. The molecule has 0 aliphatic rings. The highest BCUT2D eigenvalue weighted by Crippen LogP contribution is 2.52. The Morgan fingerprint density at radius 1 is 0.317 bits per heavy atom. The molecule has 0 bridgehead atoms. The lowest BCUT2D eigenvalue weighted by Gasteiger charge is -2.31. The van der Waals surface area contributed by atoms with Gasteiger partial charge in [-0.1, -0.05) is 114 Å². The van der Waals surface area contributed by atoms with Crippen LogP contribution < -0.4 is 9.80 Å². The van der Waals surface area contributed by atoms with E-state index in [1.807, 2.05) is 22.7 Å². The summed E-state index contributed by atoms with van der Waals surface area (Å²) < 4.78 is 5.21. The first kappa shape index (κ1) is 35.2. The lowest BCUT2D eigenvalue weighted by atomic mass is 9.88. The van der Waals surface area contributed by atoms with Gasteiger partial charge in [-0.3, -0.25) is 0 Å². The van der Waals surface area contributed by atoms with E-state index in [1.165, 1.54) is 118 Å². The molecule has 0 saturated heterocycles. The fraction of sp³-hybridized carbons (Fsp3) is 0.0714. The zero-order valence-corrected chi connectivity index (χ0v) is 35.5. The summed E-state index contributed by atoms with van der Waals surface area (Å²) in [6.45, 7) is 8.92. The van der Waals surface area contributed by atoms with Gasteiger partial charge in [-0.15, -0.1) is 22.7 Å². The summed E-state index contributed by atoms with van der Waals surface area (Å²) in [5.41, 5.74) is 12.1. The van der Waals surface area contributed by atoms with E-state index in [9.17, 15) is 0 Å². The maximum atomic E-state index is 2.52. The predicted octanol–water partition coefficient (Wildman–Crippen LogP) is 17.5. The molecule has 286 valence electrons. The molecule has 4 heteroatoms. The number of benzene rings is 10. The number of hydrogen-bond acceptors (Lipinski definition) is 4. The van der Waals surface area contributed by atoms with Gasteiger partial charge in [0.15, 0.2) is 0 Å². The highest BCUT2D eigenvalue weighted by molar-refractivity contribution is 7.26. The van der Waals surface area contributed by atoms with Gasteiger partial charge >= 0.3 is 0 Å². The van der Waals surface area contributed by atoms with E-state index in [1.54, 1.807) is 0 Å². The Balaban J connectivity index is 1.17. The Bertz CT molecular complexity index is 3650. The lowest BCUT2D eigenvalue weighted by molar-refractivity contribution is 1.29. The van der Waals surface area contributed by atoms with E-state index in [4.69, 9.17) is 0 Å². The molecule has 2 nitrogen and oxygen atoms in total. The molecule has 0 radical (unpaired) electrons. The van der Waals surface area contributed by atoms with Gasteiger partial charge in [-0.05, 0) is 127 Å². The number of rotatable bonds is 6. The highest BCUT2D eigenvalue weighted by Gasteiger charge is 2.26. The van der Waals surface area contributed by atoms with Gasteiger partial charge in [-0.2, -0.15) is 0 Å². The van der Waals surface area contributed by atoms with Crippen LogP contribution in [-0.4, -0.2) is 0 Å². The Morgan fingerprint density at radius 2 is 0.783 bits per heavy atom. The van der Waals surface area contributed by atoms with Crippen molar-refractivity contribution < 1.29 is 0 Å².